The van der Waals surface area contributed by atoms with Crippen LogP contribution in [0.1, 0.15) is 16.8 Å². The number of hydrogen-bond donors (Lipinski definition) is 2. The van der Waals surface area contributed by atoms with Gasteiger partial charge in [-0.25, -0.2) is 4.98 Å². The number of nitrogens with zero attached hydrogens (tertiary/aromatic N) is 1. The molecule has 1 aromatic heterocycles. The Kier molecular flexibility index (Phi) is 2.83. The molecule has 0 fully saturated rings. The van der Waals surface area contributed by atoms with Crippen LogP contribution in [0.2, 0.25) is 0 Å². The van der Waals surface area contributed by atoms with E-state index in [1.807, 2.05) is 19.9 Å². The predicted molar refractivity (Wildman–Crippen MR) is 58.6 cm³/mol. The van der Waals surface area contributed by atoms with E-state index in [1.165, 1.54) is 0 Å². The van der Waals surface area contributed by atoms with Gasteiger partial charge in [-0.3, -0.25) is 0 Å². The van der Waals surface area contributed by atoms with Crippen molar-refractivity contribution in [2.24, 2.45) is 5.73 Å². The minimum Gasteiger partial charge on any atom is -0.393 e. The summed E-state index contributed by atoms with van der Waals surface area (Å²) in [6, 6.07) is 1.98. The first-order valence-electron chi connectivity index (χ1n) is 4.01. The Balaban J connectivity index is 3.08. The van der Waals surface area contributed by atoms with Gasteiger partial charge in [0.2, 0.25) is 0 Å². The summed E-state index contributed by atoms with van der Waals surface area (Å²) in [5.41, 5.74) is 14.0. The number of nitrogen functional groups attached to an aromatic ring is 1. The molecular weight excluding hydrogens is 182 g/mol. The number of rotatable bonds is 2. The predicted octanol–water partition coefficient (Wildman–Crippen LogP) is 1.11. The molecule has 0 aliphatic heterocycles. The van der Waals surface area contributed by atoms with Crippen molar-refractivity contribution in [2.75, 3.05) is 5.73 Å². The van der Waals surface area contributed by atoms with Crippen LogP contribution in [0.5, 0.6) is 0 Å². The van der Waals surface area contributed by atoms with E-state index in [0.29, 0.717) is 17.2 Å². The first-order chi connectivity index (χ1) is 6.00. The smallest absolute Gasteiger partial charge is 0.126 e. The Bertz CT molecular complexity index is 347. The fourth-order valence-electron chi connectivity index (χ4n) is 1.15. The van der Waals surface area contributed by atoms with Gasteiger partial charge in [-0.1, -0.05) is 18.3 Å². The van der Waals surface area contributed by atoms with Gasteiger partial charge in [-0.15, -0.1) is 0 Å². The average molecular weight is 195 g/mol. The molecule has 0 aliphatic rings. The zero-order chi connectivity index (χ0) is 10.0. The van der Waals surface area contributed by atoms with Crippen molar-refractivity contribution < 1.29 is 0 Å². The highest BCUT2D eigenvalue weighted by Gasteiger charge is 2.04. The SMILES string of the molecule is Cc1cc(CC(N)=S)c(C)nc1N. The lowest BCUT2D eigenvalue weighted by Crippen LogP contribution is -2.13. The molecule has 0 atom stereocenters. The van der Waals surface area contributed by atoms with Crippen LogP contribution in [0.15, 0.2) is 6.07 Å². The lowest BCUT2D eigenvalue weighted by Gasteiger charge is -2.07. The number of anilines is 1. The van der Waals surface area contributed by atoms with E-state index in [4.69, 9.17) is 23.7 Å². The van der Waals surface area contributed by atoms with Gasteiger partial charge >= 0.3 is 0 Å². The van der Waals surface area contributed by atoms with Gasteiger partial charge in [0.25, 0.3) is 0 Å². The lowest BCUT2D eigenvalue weighted by atomic mass is 10.1. The maximum atomic E-state index is 5.65. The van der Waals surface area contributed by atoms with Crippen molar-refractivity contribution >= 4 is 23.0 Å². The van der Waals surface area contributed by atoms with Crippen molar-refractivity contribution in [3.63, 3.8) is 0 Å². The summed E-state index contributed by atoms with van der Waals surface area (Å²) in [6.45, 7) is 3.83. The molecule has 0 bridgehead atoms. The van der Waals surface area contributed by atoms with Crippen molar-refractivity contribution in [2.45, 2.75) is 20.3 Å². The van der Waals surface area contributed by atoms with Gasteiger partial charge in [0.1, 0.15) is 5.82 Å². The van der Waals surface area contributed by atoms with Crippen molar-refractivity contribution in [3.05, 3.63) is 22.9 Å². The molecule has 0 spiro atoms. The first kappa shape index (κ1) is 9.92. The Morgan fingerprint density at radius 2 is 2.15 bits per heavy atom. The molecule has 0 saturated carbocycles. The molecule has 0 saturated heterocycles. The molecule has 0 unspecified atom stereocenters. The fourth-order valence-corrected chi connectivity index (χ4v) is 1.30. The molecule has 70 valence electrons. The van der Waals surface area contributed by atoms with Crippen molar-refractivity contribution in [3.8, 4) is 0 Å². The lowest BCUT2D eigenvalue weighted by molar-refractivity contribution is 1.11. The molecule has 1 aromatic rings. The van der Waals surface area contributed by atoms with E-state index in [0.717, 1.165) is 16.8 Å². The number of nitrogens with two attached hydrogens (primary N) is 2. The van der Waals surface area contributed by atoms with E-state index in [9.17, 15) is 0 Å². The highest BCUT2D eigenvalue weighted by Crippen LogP contribution is 2.14. The van der Waals surface area contributed by atoms with E-state index in [-0.39, 0.29) is 0 Å². The summed E-state index contributed by atoms with van der Waals surface area (Å²) in [7, 11) is 0. The summed E-state index contributed by atoms with van der Waals surface area (Å²) >= 11 is 4.83. The van der Waals surface area contributed by atoms with Crippen LogP contribution in [-0.2, 0) is 6.42 Å². The molecule has 0 aliphatic carbocycles. The Morgan fingerprint density at radius 3 is 2.69 bits per heavy atom. The zero-order valence-corrected chi connectivity index (χ0v) is 8.61. The minimum absolute atomic E-state index is 0.481. The molecule has 4 N–H and O–H groups in total. The van der Waals surface area contributed by atoms with Crippen LogP contribution in [0, 0.1) is 13.8 Å². The van der Waals surface area contributed by atoms with Crippen molar-refractivity contribution in [1.29, 1.82) is 0 Å². The van der Waals surface area contributed by atoms with E-state index >= 15 is 0 Å². The normalized spacial score (nSPS) is 10.0. The molecule has 3 nitrogen and oxygen atoms in total. The third-order valence-corrected chi connectivity index (χ3v) is 2.06. The summed E-state index contributed by atoms with van der Waals surface area (Å²) in [4.78, 5) is 4.67. The Morgan fingerprint density at radius 1 is 1.54 bits per heavy atom. The van der Waals surface area contributed by atoms with E-state index in [1.54, 1.807) is 0 Å². The second-order valence-electron chi connectivity index (χ2n) is 3.08. The van der Waals surface area contributed by atoms with Crippen LogP contribution >= 0.6 is 12.2 Å². The number of hydrogen-bond acceptors (Lipinski definition) is 3. The molecular formula is C9H13N3S. The molecule has 0 aromatic carbocycles. The minimum atomic E-state index is 0.481. The van der Waals surface area contributed by atoms with E-state index in [2.05, 4.69) is 4.98 Å². The number of pyridine rings is 1. The number of aromatic nitrogens is 1. The molecule has 1 rings (SSSR count). The number of aryl methyl sites for hydroxylation is 2. The highest BCUT2D eigenvalue weighted by atomic mass is 32.1. The monoisotopic (exact) mass is 195 g/mol. The van der Waals surface area contributed by atoms with Crippen LogP contribution in [0.3, 0.4) is 0 Å². The Labute approximate surface area is 83.1 Å². The fraction of sp³-hybridized carbons (Fsp3) is 0.333. The molecule has 0 radical (unpaired) electrons. The summed E-state index contributed by atoms with van der Waals surface area (Å²) in [5.74, 6) is 0.573. The first-order valence-corrected chi connectivity index (χ1v) is 4.42. The topological polar surface area (TPSA) is 64.9 Å². The largest absolute Gasteiger partial charge is 0.393 e. The van der Waals surface area contributed by atoms with Crippen LogP contribution in [0.25, 0.3) is 0 Å². The quantitative estimate of drug-likeness (QED) is 0.694. The Hall–Kier alpha value is -1.16. The summed E-state index contributed by atoms with van der Waals surface area (Å²) in [5, 5.41) is 0. The molecule has 4 heteroatoms. The van der Waals surface area contributed by atoms with Gasteiger partial charge in [0.15, 0.2) is 0 Å². The highest BCUT2D eigenvalue weighted by molar-refractivity contribution is 7.80. The van der Waals surface area contributed by atoms with Gasteiger partial charge < -0.3 is 11.5 Å². The second-order valence-corrected chi connectivity index (χ2v) is 3.60. The van der Waals surface area contributed by atoms with Crippen LogP contribution in [0.4, 0.5) is 5.82 Å². The van der Waals surface area contributed by atoms with Gasteiger partial charge in [0.05, 0.1) is 4.99 Å². The standard InChI is InChI=1S/C9H13N3S/c1-5-3-7(4-8(10)13)6(2)12-9(5)11/h3H,4H2,1-2H3,(H2,10,13)(H2,11,12). The van der Waals surface area contributed by atoms with Crippen LogP contribution < -0.4 is 11.5 Å². The summed E-state index contributed by atoms with van der Waals surface area (Å²) < 4.78 is 0. The zero-order valence-electron chi connectivity index (χ0n) is 7.79. The third-order valence-electron chi connectivity index (χ3n) is 1.91. The van der Waals surface area contributed by atoms with Gasteiger partial charge in [-0.2, -0.15) is 0 Å². The maximum Gasteiger partial charge on any atom is 0.126 e. The number of thiocarbonyl (C=S) groups is 1. The molecule has 0 amide bonds. The average Bonchev–Trinajstić information content (AvgIpc) is 1.99. The van der Waals surface area contributed by atoms with Gasteiger partial charge in [0, 0.05) is 12.1 Å². The van der Waals surface area contributed by atoms with E-state index < -0.39 is 0 Å². The summed E-state index contributed by atoms with van der Waals surface area (Å²) in [6.07, 6.45) is 0.593. The third kappa shape index (κ3) is 2.39. The van der Waals surface area contributed by atoms with Crippen molar-refractivity contribution in [1.82, 2.24) is 4.98 Å². The van der Waals surface area contributed by atoms with Crippen LogP contribution in [-0.4, -0.2) is 9.97 Å². The molecule has 13 heavy (non-hydrogen) atoms. The molecule has 1 heterocycles. The van der Waals surface area contributed by atoms with Gasteiger partial charge in [-0.05, 0) is 25.0 Å². The second kappa shape index (κ2) is 3.70. The maximum absolute atomic E-state index is 5.65.